The first-order valence-electron chi connectivity index (χ1n) is 11.6. The average molecular weight is 514 g/mol. The molecule has 3 N–H and O–H groups in total. The molecule has 6 rings (SSSR count). The van der Waals surface area contributed by atoms with Gasteiger partial charge in [-0.2, -0.15) is 9.97 Å². The molecular weight excluding hydrogens is 489 g/mol. The van der Waals surface area contributed by atoms with Gasteiger partial charge in [-0.1, -0.05) is 35.1 Å². The number of hydrogen-bond acceptors (Lipinski definition) is 9. The molecule has 0 unspecified atom stereocenters. The fraction of sp³-hybridized carbons (Fsp3) is 0.375. The summed E-state index contributed by atoms with van der Waals surface area (Å²) in [5, 5.41) is 4.61. The highest BCUT2D eigenvalue weighted by molar-refractivity contribution is 7.22. The zero-order chi connectivity index (χ0) is 24.1. The number of aromatic nitrogens is 3. The molecular formula is C24H25ClFN7OS. The van der Waals surface area contributed by atoms with Crippen molar-refractivity contribution in [2.45, 2.75) is 12.5 Å². The molecule has 0 aliphatic carbocycles. The van der Waals surface area contributed by atoms with Crippen LogP contribution in [0.25, 0.3) is 32.2 Å². The Morgan fingerprint density at radius 2 is 2.03 bits per heavy atom. The van der Waals surface area contributed by atoms with E-state index in [4.69, 9.17) is 27.1 Å². The largest absolute Gasteiger partial charge is 0.462 e. The van der Waals surface area contributed by atoms with E-state index in [0.717, 1.165) is 43.8 Å². The number of ether oxygens (including phenoxy) is 1. The lowest BCUT2D eigenvalue weighted by Gasteiger charge is -2.37. The number of halogens is 2. The predicted octanol–water partition coefficient (Wildman–Crippen LogP) is 3.77. The zero-order valence-electron chi connectivity index (χ0n) is 19.2. The Morgan fingerprint density at radius 3 is 2.77 bits per heavy atom. The predicted molar refractivity (Wildman–Crippen MR) is 139 cm³/mol. The van der Waals surface area contributed by atoms with Crippen LogP contribution in [0, 0.1) is 5.82 Å². The maximum atomic E-state index is 16.3. The van der Waals surface area contributed by atoms with Crippen LogP contribution in [0.15, 0.2) is 24.3 Å². The van der Waals surface area contributed by atoms with Gasteiger partial charge >= 0.3 is 6.01 Å². The van der Waals surface area contributed by atoms with E-state index >= 15 is 4.39 Å². The monoisotopic (exact) mass is 513 g/mol. The molecule has 2 saturated heterocycles. The van der Waals surface area contributed by atoms with E-state index in [0.29, 0.717) is 40.1 Å². The van der Waals surface area contributed by atoms with Crippen molar-refractivity contribution < 1.29 is 9.13 Å². The average Bonchev–Trinajstić information content (AvgIpc) is 3.24. The van der Waals surface area contributed by atoms with Gasteiger partial charge < -0.3 is 20.7 Å². The summed E-state index contributed by atoms with van der Waals surface area (Å²) in [6.45, 7) is 4.63. The molecule has 4 heterocycles. The van der Waals surface area contributed by atoms with Crippen molar-refractivity contribution in [2.24, 2.45) is 0 Å². The first kappa shape index (κ1) is 22.7. The molecule has 4 aromatic rings. The molecule has 0 spiro atoms. The van der Waals surface area contributed by atoms with E-state index in [9.17, 15) is 0 Å². The van der Waals surface area contributed by atoms with E-state index in [1.165, 1.54) is 11.3 Å². The van der Waals surface area contributed by atoms with Crippen LogP contribution < -0.4 is 20.7 Å². The Balaban J connectivity index is 1.51. The lowest BCUT2D eigenvalue weighted by molar-refractivity contribution is 0.0732. The molecule has 2 aliphatic heterocycles. The van der Waals surface area contributed by atoms with E-state index in [1.807, 2.05) is 12.1 Å². The minimum absolute atomic E-state index is 0.176. The van der Waals surface area contributed by atoms with Crippen LogP contribution in [0.2, 0.25) is 5.02 Å². The van der Waals surface area contributed by atoms with Crippen molar-refractivity contribution in [3.05, 3.63) is 35.1 Å². The van der Waals surface area contributed by atoms with Gasteiger partial charge in [0.25, 0.3) is 0 Å². The zero-order valence-corrected chi connectivity index (χ0v) is 20.8. The smallest absolute Gasteiger partial charge is 0.319 e. The first-order chi connectivity index (χ1) is 17.0. The van der Waals surface area contributed by atoms with Crippen LogP contribution >= 0.6 is 22.9 Å². The van der Waals surface area contributed by atoms with Gasteiger partial charge in [-0.15, -0.1) is 0 Å². The van der Waals surface area contributed by atoms with Gasteiger partial charge in [0.2, 0.25) is 0 Å². The second-order valence-corrected chi connectivity index (χ2v) is 10.4. The van der Waals surface area contributed by atoms with E-state index in [-0.39, 0.29) is 22.1 Å². The van der Waals surface area contributed by atoms with Crippen LogP contribution in [0.3, 0.4) is 0 Å². The molecule has 35 heavy (non-hydrogen) atoms. The van der Waals surface area contributed by atoms with Gasteiger partial charge in [0.05, 0.1) is 15.2 Å². The number of nitrogens with two attached hydrogens (primary N) is 1. The highest BCUT2D eigenvalue weighted by Gasteiger charge is 2.27. The molecule has 2 aromatic carbocycles. The number of nitrogens with one attached hydrogen (secondary N) is 1. The molecule has 11 heteroatoms. The van der Waals surface area contributed by atoms with Gasteiger partial charge in [-0.05, 0) is 32.1 Å². The lowest BCUT2D eigenvalue weighted by Crippen LogP contribution is -2.48. The van der Waals surface area contributed by atoms with Crippen molar-refractivity contribution in [1.29, 1.82) is 0 Å². The maximum Gasteiger partial charge on any atom is 0.319 e. The third kappa shape index (κ3) is 4.04. The number of para-hydroxylation sites is 1. The number of rotatable bonds is 5. The topological polar surface area (TPSA) is 92.4 Å². The summed E-state index contributed by atoms with van der Waals surface area (Å²) >= 11 is 8.08. The van der Waals surface area contributed by atoms with Crippen LogP contribution in [-0.4, -0.2) is 72.3 Å². The number of fused-ring (bicyclic) bond motifs is 2. The molecule has 0 bridgehead atoms. The highest BCUT2D eigenvalue weighted by Crippen LogP contribution is 2.42. The van der Waals surface area contributed by atoms with Gasteiger partial charge in [0.15, 0.2) is 10.9 Å². The Morgan fingerprint density at radius 1 is 1.20 bits per heavy atom. The summed E-state index contributed by atoms with van der Waals surface area (Å²) in [7, 11) is 2.06. The minimum Gasteiger partial charge on any atom is -0.462 e. The van der Waals surface area contributed by atoms with Crippen LogP contribution in [0.5, 0.6) is 6.01 Å². The number of piperazine rings is 1. The molecule has 8 nitrogen and oxygen atoms in total. The number of thiazole rings is 1. The summed E-state index contributed by atoms with van der Waals surface area (Å²) in [5.74, 6) is 0.118. The summed E-state index contributed by atoms with van der Waals surface area (Å²) in [6.07, 6.45) is 1.06. The number of anilines is 2. The number of likely N-dealkylation sites (N-methyl/N-ethyl adjacent to an activating group) is 1. The highest BCUT2D eigenvalue weighted by atomic mass is 35.5. The van der Waals surface area contributed by atoms with Crippen molar-refractivity contribution >= 4 is 55.0 Å². The van der Waals surface area contributed by atoms with Gasteiger partial charge in [0.1, 0.15) is 17.9 Å². The quantitative estimate of drug-likeness (QED) is 0.416. The molecule has 0 amide bonds. The summed E-state index contributed by atoms with van der Waals surface area (Å²) < 4.78 is 23.2. The number of nitrogens with zero attached hydrogens (tertiary/aromatic N) is 5. The molecule has 182 valence electrons. The third-order valence-corrected chi connectivity index (χ3v) is 7.95. The third-order valence-electron chi connectivity index (χ3n) is 6.81. The fourth-order valence-electron chi connectivity index (χ4n) is 4.71. The van der Waals surface area contributed by atoms with Crippen molar-refractivity contribution in [1.82, 2.24) is 25.2 Å². The second-order valence-electron chi connectivity index (χ2n) is 8.95. The van der Waals surface area contributed by atoms with Crippen LogP contribution in [-0.2, 0) is 0 Å². The minimum atomic E-state index is -0.518. The Hall–Kier alpha value is -2.79. The molecule has 2 aromatic heterocycles. The van der Waals surface area contributed by atoms with Gasteiger partial charge in [-0.25, -0.2) is 9.37 Å². The number of nitrogen functional groups attached to an aromatic ring is 1. The number of hydrogen-bond donors (Lipinski definition) is 2. The number of benzene rings is 2. The second kappa shape index (κ2) is 9.02. The SMILES string of the molecule is CN1CC[C@@H]1COc1nc(N2CCNCC2)c2cc(Cl)c(-c3cccc4sc(N)nc34)c(F)c2n1. The van der Waals surface area contributed by atoms with Crippen molar-refractivity contribution in [2.75, 3.05) is 57.0 Å². The van der Waals surface area contributed by atoms with E-state index < -0.39 is 5.82 Å². The first-order valence-corrected chi connectivity index (χ1v) is 12.8. The summed E-state index contributed by atoms with van der Waals surface area (Å²) in [4.78, 5) is 18.0. The molecule has 0 saturated carbocycles. The Labute approximate surface area is 210 Å². The maximum absolute atomic E-state index is 16.3. The van der Waals surface area contributed by atoms with Gasteiger partial charge in [-0.3, -0.25) is 4.90 Å². The van der Waals surface area contributed by atoms with Crippen molar-refractivity contribution in [3.63, 3.8) is 0 Å². The van der Waals surface area contributed by atoms with Crippen molar-refractivity contribution in [3.8, 4) is 17.1 Å². The molecule has 2 fully saturated rings. The fourth-order valence-corrected chi connectivity index (χ4v) is 5.76. The standard InChI is InChI=1S/C24H25ClFN7OS/c1-32-8-5-13(32)12-34-24-30-21-15(22(31-24)33-9-6-28-7-10-33)11-16(25)18(19(21)26)14-3-2-4-17-20(14)29-23(27)35-17/h2-4,11,13,28H,5-10,12H2,1H3,(H2,27,29)/t13-/m1/s1. The molecule has 0 radical (unpaired) electrons. The van der Waals surface area contributed by atoms with Gasteiger partial charge in [0, 0.05) is 48.7 Å². The van der Waals surface area contributed by atoms with Crippen LogP contribution in [0.1, 0.15) is 6.42 Å². The normalized spacial score (nSPS) is 18.8. The lowest BCUT2D eigenvalue weighted by atomic mass is 10.0. The Kier molecular flexibility index (Phi) is 5.84. The van der Waals surface area contributed by atoms with E-state index in [2.05, 4.69) is 32.1 Å². The van der Waals surface area contributed by atoms with Crippen LogP contribution in [0.4, 0.5) is 15.3 Å². The summed E-state index contributed by atoms with van der Waals surface area (Å²) in [6, 6.07) is 7.81. The van der Waals surface area contributed by atoms with E-state index in [1.54, 1.807) is 12.1 Å². The molecule has 1 atom stereocenters. The Bertz CT molecular complexity index is 1420. The summed E-state index contributed by atoms with van der Waals surface area (Å²) in [5.41, 5.74) is 7.58. The molecule has 2 aliphatic rings. The number of likely N-dealkylation sites (tertiary alicyclic amines) is 1.